The molecule has 2 aromatic rings. The Morgan fingerprint density at radius 3 is 2.56 bits per heavy atom. The molecule has 0 spiro atoms. The van der Waals surface area contributed by atoms with Crippen LogP contribution in [0.25, 0.3) is 0 Å². The lowest BCUT2D eigenvalue weighted by molar-refractivity contribution is 0.0599. The van der Waals surface area contributed by atoms with Crippen molar-refractivity contribution < 1.29 is 23.5 Å². The molecule has 0 bridgehead atoms. The van der Waals surface area contributed by atoms with Crippen LogP contribution in [0.1, 0.15) is 32.1 Å². The highest BCUT2D eigenvalue weighted by molar-refractivity contribution is 6.00. The number of nitrogens with one attached hydrogen (secondary N) is 1. The Bertz CT molecular complexity index is 785. The van der Waals surface area contributed by atoms with Crippen molar-refractivity contribution in [2.45, 2.75) is 13.8 Å². The standard InChI is InChI=1S/C18H21FN2O4/c1-11-15(18(23)24-4)12(2)20-16(11)17(22)21(3)9-10-25-14-8-6-5-7-13(14)19/h5-8,20H,9-10H2,1-4H3. The second kappa shape index (κ2) is 7.83. The van der Waals surface area contributed by atoms with E-state index in [0.717, 1.165) is 0 Å². The van der Waals surface area contributed by atoms with Crippen LogP contribution in [0.3, 0.4) is 0 Å². The first kappa shape index (κ1) is 18.5. The van der Waals surface area contributed by atoms with E-state index in [1.807, 2.05) is 0 Å². The lowest BCUT2D eigenvalue weighted by Crippen LogP contribution is -2.31. The molecular weight excluding hydrogens is 327 g/mol. The Kier molecular flexibility index (Phi) is 5.80. The first-order valence-electron chi connectivity index (χ1n) is 7.77. The Labute approximate surface area is 145 Å². The largest absolute Gasteiger partial charge is 0.489 e. The number of amides is 1. The lowest BCUT2D eigenvalue weighted by Gasteiger charge is -2.17. The lowest BCUT2D eigenvalue weighted by atomic mass is 10.1. The van der Waals surface area contributed by atoms with Crippen LogP contribution < -0.4 is 4.74 Å². The summed E-state index contributed by atoms with van der Waals surface area (Å²) in [5.74, 6) is -1.08. The Morgan fingerprint density at radius 2 is 1.92 bits per heavy atom. The van der Waals surface area contributed by atoms with Crippen LogP contribution >= 0.6 is 0 Å². The molecule has 1 aromatic heterocycles. The van der Waals surface area contributed by atoms with Crippen molar-refractivity contribution >= 4 is 11.9 Å². The molecule has 6 nitrogen and oxygen atoms in total. The third-order valence-electron chi connectivity index (χ3n) is 3.91. The van der Waals surface area contributed by atoms with Gasteiger partial charge in [-0.15, -0.1) is 0 Å². The Balaban J connectivity index is 2.03. The van der Waals surface area contributed by atoms with E-state index in [4.69, 9.17) is 9.47 Å². The van der Waals surface area contributed by atoms with Crippen LogP contribution in [0.5, 0.6) is 5.75 Å². The fraction of sp³-hybridized carbons (Fsp3) is 0.333. The van der Waals surface area contributed by atoms with E-state index in [1.54, 1.807) is 33.0 Å². The van der Waals surface area contributed by atoms with E-state index in [9.17, 15) is 14.0 Å². The number of aromatic nitrogens is 1. The molecular formula is C18H21FN2O4. The average Bonchev–Trinajstić information content (AvgIpc) is 2.89. The van der Waals surface area contributed by atoms with Crippen molar-refractivity contribution in [3.63, 3.8) is 0 Å². The summed E-state index contributed by atoms with van der Waals surface area (Å²) in [5, 5.41) is 0. The van der Waals surface area contributed by atoms with E-state index in [2.05, 4.69) is 4.98 Å². The summed E-state index contributed by atoms with van der Waals surface area (Å²) in [6, 6.07) is 6.08. The molecule has 0 fully saturated rings. The number of ether oxygens (including phenoxy) is 2. The molecule has 2 rings (SSSR count). The summed E-state index contributed by atoms with van der Waals surface area (Å²) < 4.78 is 23.6. The van der Waals surface area contributed by atoms with E-state index >= 15 is 0 Å². The second-order valence-corrected chi connectivity index (χ2v) is 5.62. The maximum atomic E-state index is 13.5. The second-order valence-electron chi connectivity index (χ2n) is 5.62. The van der Waals surface area contributed by atoms with Gasteiger partial charge in [0.05, 0.1) is 19.2 Å². The third kappa shape index (κ3) is 3.99. The molecule has 0 aliphatic rings. The molecule has 1 amide bonds. The van der Waals surface area contributed by atoms with Crippen molar-refractivity contribution in [1.29, 1.82) is 0 Å². The number of likely N-dealkylation sites (N-methyl/N-ethyl adjacent to an activating group) is 1. The summed E-state index contributed by atoms with van der Waals surface area (Å²) in [5.41, 5.74) is 1.80. The topological polar surface area (TPSA) is 71.6 Å². The predicted molar refractivity (Wildman–Crippen MR) is 90.5 cm³/mol. The zero-order valence-corrected chi connectivity index (χ0v) is 14.7. The third-order valence-corrected chi connectivity index (χ3v) is 3.91. The number of aromatic amines is 1. The molecule has 0 unspecified atom stereocenters. The van der Waals surface area contributed by atoms with Gasteiger partial charge in [-0.3, -0.25) is 4.79 Å². The van der Waals surface area contributed by atoms with Gasteiger partial charge in [0.1, 0.15) is 12.3 Å². The van der Waals surface area contributed by atoms with E-state index in [-0.39, 0.29) is 24.8 Å². The van der Waals surface area contributed by atoms with Gasteiger partial charge in [-0.2, -0.15) is 0 Å². The number of esters is 1. The minimum atomic E-state index is -0.490. The molecule has 0 radical (unpaired) electrons. The minimum Gasteiger partial charge on any atom is -0.489 e. The van der Waals surface area contributed by atoms with Crippen LogP contribution in [0, 0.1) is 19.7 Å². The molecule has 0 aliphatic heterocycles. The van der Waals surface area contributed by atoms with Crippen LogP contribution in [-0.4, -0.2) is 49.1 Å². The highest BCUT2D eigenvalue weighted by Gasteiger charge is 2.24. The highest BCUT2D eigenvalue weighted by atomic mass is 19.1. The molecule has 25 heavy (non-hydrogen) atoms. The fourth-order valence-corrected chi connectivity index (χ4v) is 2.52. The maximum absolute atomic E-state index is 13.5. The van der Waals surface area contributed by atoms with Gasteiger partial charge in [-0.05, 0) is 31.5 Å². The highest BCUT2D eigenvalue weighted by Crippen LogP contribution is 2.20. The van der Waals surface area contributed by atoms with Crippen molar-refractivity contribution in [1.82, 2.24) is 9.88 Å². The van der Waals surface area contributed by atoms with E-state index in [1.165, 1.54) is 24.1 Å². The summed E-state index contributed by atoms with van der Waals surface area (Å²) in [6.45, 7) is 3.80. The van der Waals surface area contributed by atoms with Crippen molar-refractivity contribution in [2.75, 3.05) is 27.3 Å². The van der Waals surface area contributed by atoms with Crippen molar-refractivity contribution in [3.05, 3.63) is 52.6 Å². The number of hydrogen-bond acceptors (Lipinski definition) is 4. The van der Waals surface area contributed by atoms with Gasteiger partial charge in [0, 0.05) is 12.7 Å². The number of carbonyl (C=O) groups excluding carboxylic acids is 2. The smallest absolute Gasteiger partial charge is 0.339 e. The molecule has 1 heterocycles. The van der Waals surface area contributed by atoms with Gasteiger partial charge in [0.2, 0.25) is 0 Å². The number of nitrogens with zero attached hydrogens (tertiary/aromatic N) is 1. The summed E-state index contributed by atoms with van der Waals surface area (Å²) >= 11 is 0. The van der Waals surface area contributed by atoms with Crippen LogP contribution in [0.2, 0.25) is 0 Å². The molecule has 134 valence electrons. The van der Waals surface area contributed by atoms with Gasteiger partial charge in [-0.1, -0.05) is 12.1 Å². The zero-order chi connectivity index (χ0) is 18.6. The number of benzene rings is 1. The van der Waals surface area contributed by atoms with Gasteiger partial charge in [0.15, 0.2) is 11.6 Å². The molecule has 0 saturated heterocycles. The number of H-pyrrole nitrogens is 1. The quantitative estimate of drug-likeness (QED) is 0.815. The number of aryl methyl sites for hydroxylation is 1. The van der Waals surface area contributed by atoms with Crippen LogP contribution in [0.4, 0.5) is 4.39 Å². The Hall–Kier alpha value is -2.83. The maximum Gasteiger partial charge on any atom is 0.339 e. The normalized spacial score (nSPS) is 10.4. The number of para-hydroxylation sites is 1. The predicted octanol–water partition coefficient (Wildman–Crippen LogP) is 2.71. The Morgan fingerprint density at radius 1 is 1.24 bits per heavy atom. The summed E-state index contributed by atoms with van der Waals surface area (Å²) in [6.07, 6.45) is 0. The number of carbonyl (C=O) groups is 2. The number of hydrogen-bond donors (Lipinski definition) is 1. The van der Waals surface area contributed by atoms with E-state index < -0.39 is 11.8 Å². The monoisotopic (exact) mass is 348 g/mol. The van der Waals surface area contributed by atoms with Crippen LogP contribution in [0.15, 0.2) is 24.3 Å². The first-order chi connectivity index (χ1) is 11.9. The van der Waals surface area contributed by atoms with Gasteiger partial charge >= 0.3 is 5.97 Å². The fourth-order valence-electron chi connectivity index (χ4n) is 2.52. The SMILES string of the molecule is COC(=O)c1c(C)[nH]c(C(=O)N(C)CCOc2ccccc2F)c1C. The van der Waals surface area contributed by atoms with Crippen molar-refractivity contribution in [3.8, 4) is 5.75 Å². The van der Waals surface area contributed by atoms with Gasteiger partial charge in [-0.25, -0.2) is 9.18 Å². The minimum absolute atomic E-state index is 0.142. The molecule has 1 aromatic carbocycles. The number of halogens is 1. The average molecular weight is 348 g/mol. The summed E-state index contributed by atoms with van der Waals surface area (Å²) in [7, 11) is 2.91. The van der Waals surface area contributed by atoms with E-state index in [0.29, 0.717) is 22.5 Å². The number of rotatable bonds is 6. The number of methoxy groups -OCH3 is 1. The van der Waals surface area contributed by atoms with Crippen LogP contribution in [-0.2, 0) is 4.74 Å². The zero-order valence-electron chi connectivity index (χ0n) is 14.7. The van der Waals surface area contributed by atoms with Crippen molar-refractivity contribution in [2.24, 2.45) is 0 Å². The molecule has 1 N–H and O–H groups in total. The summed E-state index contributed by atoms with van der Waals surface area (Å²) in [4.78, 5) is 28.7. The molecule has 0 saturated carbocycles. The molecule has 0 atom stereocenters. The molecule has 7 heteroatoms. The molecule has 0 aliphatic carbocycles. The first-order valence-corrected chi connectivity index (χ1v) is 7.77. The van der Waals surface area contributed by atoms with Gasteiger partial charge < -0.3 is 19.4 Å². The van der Waals surface area contributed by atoms with Gasteiger partial charge in [0.25, 0.3) is 5.91 Å².